The van der Waals surface area contributed by atoms with Gasteiger partial charge in [0, 0.05) is 5.56 Å². The highest BCUT2D eigenvalue weighted by molar-refractivity contribution is 7.17. The number of ether oxygens (including phenoxy) is 1. The Morgan fingerprint density at radius 2 is 2.00 bits per heavy atom. The lowest BCUT2D eigenvalue weighted by Gasteiger charge is -1.99. The van der Waals surface area contributed by atoms with E-state index in [1.807, 2.05) is 31.2 Å². The summed E-state index contributed by atoms with van der Waals surface area (Å²) in [5, 5.41) is 8.31. The maximum atomic E-state index is 7.44. The lowest BCUT2D eigenvalue weighted by atomic mass is 10.2. The monoisotopic (exact) mass is 247 g/mol. The first-order chi connectivity index (χ1) is 8.11. The van der Waals surface area contributed by atoms with Gasteiger partial charge >= 0.3 is 0 Å². The Kier molecular flexibility index (Phi) is 3.10. The number of benzene rings is 1. The Morgan fingerprint density at radius 3 is 2.47 bits per heavy atom. The first-order valence-corrected chi connectivity index (χ1v) is 5.89. The van der Waals surface area contributed by atoms with E-state index in [2.05, 4.69) is 4.98 Å². The minimum Gasteiger partial charge on any atom is -0.497 e. The summed E-state index contributed by atoms with van der Waals surface area (Å²) in [6.07, 6.45) is 0. The van der Waals surface area contributed by atoms with E-state index in [-0.39, 0.29) is 5.84 Å². The van der Waals surface area contributed by atoms with Gasteiger partial charge in [-0.2, -0.15) is 0 Å². The number of rotatable bonds is 3. The van der Waals surface area contributed by atoms with Crippen LogP contribution < -0.4 is 10.5 Å². The summed E-state index contributed by atoms with van der Waals surface area (Å²) >= 11 is 1.43. The summed E-state index contributed by atoms with van der Waals surface area (Å²) in [5.41, 5.74) is 7.29. The van der Waals surface area contributed by atoms with Gasteiger partial charge in [0.15, 0.2) is 0 Å². The zero-order valence-corrected chi connectivity index (χ0v) is 10.5. The molecule has 0 unspecified atom stereocenters. The molecule has 0 fully saturated rings. The molecule has 0 saturated carbocycles. The minimum atomic E-state index is 0.0692. The Hall–Kier alpha value is -1.88. The molecular weight excluding hydrogens is 234 g/mol. The second-order valence-corrected chi connectivity index (χ2v) is 4.57. The molecule has 17 heavy (non-hydrogen) atoms. The molecule has 0 aliphatic heterocycles. The molecule has 0 atom stereocenters. The van der Waals surface area contributed by atoms with Crippen LogP contribution in [0.4, 0.5) is 0 Å². The topological polar surface area (TPSA) is 72.0 Å². The second kappa shape index (κ2) is 4.55. The molecule has 0 aliphatic carbocycles. The smallest absolute Gasteiger partial charge is 0.135 e. The van der Waals surface area contributed by atoms with Crippen molar-refractivity contribution in [2.75, 3.05) is 7.11 Å². The molecule has 1 aromatic heterocycles. The summed E-state index contributed by atoms with van der Waals surface area (Å²) in [5.74, 6) is 0.883. The van der Waals surface area contributed by atoms with Crippen LogP contribution in [0.5, 0.6) is 5.75 Å². The summed E-state index contributed by atoms with van der Waals surface area (Å²) in [7, 11) is 1.64. The summed E-state index contributed by atoms with van der Waals surface area (Å²) < 4.78 is 5.10. The van der Waals surface area contributed by atoms with Crippen LogP contribution in [0.3, 0.4) is 0 Å². The van der Waals surface area contributed by atoms with E-state index in [4.69, 9.17) is 15.9 Å². The standard InChI is InChI=1S/C12H13N3OS/c1-7-10(11(13)14)17-12(15-7)8-3-5-9(16-2)6-4-8/h3-6H,1-2H3,(H3,13,14). The minimum absolute atomic E-state index is 0.0692. The van der Waals surface area contributed by atoms with Crippen molar-refractivity contribution in [2.24, 2.45) is 5.73 Å². The number of thiazole rings is 1. The van der Waals surface area contributed by atoms with Gasteiger partial charge in [0.2, 0.25) is 0 Å². The van der Waals surface area contributed by atoms with Crippen molar-refractivity contribution in [3.63, 3.8) is 0 Å². The number of aromatic nitrogens is 1. The van der Waals surface area contributed by atoms with E-state index >= 15 is 0 Å². The van der Waals surface area contributed by atoms with E-state index in [1.54, 1.807) is 7.11 Å². The number of hydrogen-bond acceptors (Lipinski definition) is 4. The van der Waals surface area contributed by atoms with Gasteiger partial charge in [0.25, 0.3) is 0 Å². The Bertz CT molecular complexity index is 545. The highest BCUT2D eigenvalue weighted by atomic mass is 32.1. The van der Waals surface area contributed by atoms with Gasteiger partial charge in [-0.3, -0.25) is 5.41 Å². The zero-order chi connectivity index (χ0) is 12.4. The van der Waals surface area contributed by atoms with Crippen LogP contribution in [0.2, 0.25) is 0 Å². The third kappa shape index (κ3) is 2.29. The van der Waals surface area contributed by atoms with E-state index in [0.29, 0.717) is 0 Å². The molecule has 1 aromatic carbocycles. The highest BCUT2D eigenvalue weighted by Gasteiger charge is 2.11. The average Bonchev–Trinajstić information content (AvgIpc) is 2.71. The molecule has 0 aliphatic rings. The van der Waals surface area contributed by atoms with Crippen LogP contribution in [0.1, 0.15) is 10.6 Å². The molecule has 0 amide bonds. The van der Waals surface area contributed by atoms with Crippen LogP contribution in [0.15, 0.2) is 24.3 Å². The molecule has 2 rings (SSSR count). The number of aryl methyl sites for hydroxylation is 1. The quantitative estimate of drug-likeness (QED) is 0.646. The van der Waals surface area contributed by atoms with Gasteiger partial charge in [-0.05, 0) is 31.2 Å². The zero-order valence-electron chi connectivity index (χ0n) is 9.65. The van der Waals surface area contributed by atoms with Crippen LogP contribution in [0.25, 0.3) is 10.6 Å². The SMILES string of the molecule is COc1ccc(-c2nc(C)c(C(=N)N)s2)cc1. The normalized spacial score (nSPS) is 10.2. The van der Waals surface area contributed by atoms with E-state index in [0.717, 1.165) is 26.9 Å². The van der Waals surface area contributed by atoms with Gasteiger partial charge in [-0.25, -0.2) is 4.98 Å². The predicted octanol–water partition coefficient (Wildman–Crippen LogP) is 2.41. The number of nitrogen functional groups attached to an aromatic ring is 1. The fraction of sp³-hybridized carbons (Fsp3) is 0.167. The van der Waals surface area contributed by atoms with Gasteiger partial charge in [0.1, 0.15) is 16.6 Å². The average molecular weight is 247 g/mol. The molecular formula is C12H13N3OS. The molecule has 3 N–H and O–H groups in total. The van der Waals surface area contributed by atoms with Gasteiger partial charge in [-0.15, -0.1) is 11.3 Å². The van der Waals surface area contributed by atoms with E-state index in [1.165, 1.54) is 11.3 Å². The fourth-order valence-corrected chi connectivity index (χ4v) is 2.44. The van der Waals surface area contributed by atoms with Crippen molar-refractivity contribution in [1.29, 1.82) is 5.41 Å². The number of nitrogens with two attached hydrogens (primary N) is 1. The number of amidine groups is 1. The maximum Gasteiger partial charge on any atom is 0.135 e. The summed E-state index contributed by atoms with van der Waals surface area (Å²) in [6, 6.07) is 7.67. The van der Waals surface area contributed by atoms with Gasteiger partial charge in [-0.1, -0.05) is 0 Å². The molecule has 2 aromatic rings. The van der Waals surface area contributed by atoms with Crippen molar-refractivity contribution in [3.8, 4) is 16.3 Å². The molecule has 0 saturated heterocycles. The van der Waals surface area contributed by atoms with Crippen LogP contribution in [0, 0.1) is 12.3 Å². The molecule has 1 heterocycles. The summed E-state index contributed by atoms with van der Waals surface area (Å²) in [4.78, 5) is 5.15. The van der Waals surface area contributed by atoms with Gasteiger partial charge in [0.05, 0.1) is 17.7 Å². The number of methoxy groups -OCH3 is 1. The summed E-state index contributed by atoms with van der Waals surface area (Å²) in [6.45, 7) is 1.86. The third-order valence-electron chi connectivity index (χ3n) is 2.38. The molecule has 0 radical (unpaired) electrons. The lowest BCUT2D eigenvalue weighted by molar-refractivity contribution is 0.415. The number of hydrogen-bond donors (Lipinski definition) is 2. The first-order valence-electron chi connectivity index (χ1n) is 5.08. The van der Waals surface area contributed by atoms with Crippen molar-refractivity contribution in [3.05, 3.63) is 34.8 Å². The van der Waals surface area contributed by atoms with Crippen molar-refractivity contribution >= 4 is 17.2 Å². The number of nitrogens with one attached hydrogen (secondary N) is 1. The van der Waals surface area contributed by atoms with E-state index < -0.39 is 0 Å². The van der Waals surface area contributed by atoms with Crippen molar-refractivity contribution in [1.82, 2.24) is 4.98 Å². The van der Waals surface area contributed by atoms with Gasteiger partial charge < -0.3 is 10.5 Å². The first kappa shape index (κ1) is 11.6. The van der Waals surface area contributed by atoms with E-state index in [9.17, 15) is 0 Å². The highest BCUT2D eigenvalue weighted by Crippen LogP contribution is 2.28. The predicted molar refractivity (Wildman–Crippen MR) is 69.9 cm³/mol. The lowest BCUT2D eigenvalue weighted by Crippen LogP contribution is -2.10. The Morgan fingerprint density at radius 1 is 1.35 bits per heavy atom. The molecule has 88 valence electrons. The largest absolute Gasteiger partial charge is 0.497 e. The van der Waals surface area contributed by atoms with Crippen molar-refractivity contribution < 1.29 is 4.74 Å². The Labute approximate surface area is 104 Å². The molecule has 4 nitrogen and oxygen atoms in total. The number of nitrogens with zero attached hydrogens (tertiary/aromatic N) is 1. The van der Waals surface area contributed by atoms with Crippen LogP contribution in [-0.4, -0.2) is 17.9 Å². The Balaban J connectivity index is 2.39. The fourth-order valence-electron chi connectivity index (χ4n) is 1.50. The third-order valence-corrected chi connectivity index (χ3v) is 3.62. The van der Waals surface area contributed by atoms with Crippen LogP contribution in [-0.2, 0) is 0 Å². The second-order valence-electron chi connectivity index (χ2n) is 3.58. The van der Waals surface area contributed by atoms with Crippen LogP contribution >= 0.6 is 11.3 Å². The van der Waals surface area contributed by atoms with Crippen molar-refractivity contribution in [2.45, 2.75) is 6.92 Å². The molecule has 0 bridgehead atoms. The maximum absolute atomic E-state index is 7.44. The molecule has 5 heteroatoms. The molecule has 0 spiro atoms.